The Morgan fingerprint density at radius 3 is 2.61 bits per heavy atom. The summed E-state index contributed by atoms with van der Waals surface area (Å²) in [6, 6.07) is 15.3. The molecule has 0 bridgehead atoms. The summed E-state index contributed by atoms with van der Waals surface area (Å²) in [7, 11) is 0. The highest BCUT2D eigenvalue weighted by atomic mass is 16.6. The monoisotopic (exact) mass is 382 g/mol. The van der Waals surface area contributed by atoms with Crippen molar-refractivity contribution in [3.63, 3.8) is 0 Å². The summed E-state index contributed by atoms with van der Waals surface area (Å²) in [4.78, 5) is 19.5. The molecule has 0 atom stereocenters. The van der Waals surface area contributed by atoms with Gasteiger partial charge in [0.05, 0.1) is 0 Å². The van der Waals surface area contributed by atoms with Gasteiger partial charge in [-0.15, -0.1) is 0 Å². The molecule has 3 N–H and O–H groups in total. The lowest BCUT2D eigenvalue weighted by molar-refractivity contribution is -0.120. The van der Waals surface area contributed by atoms with Crippen LogP contribution in [0.3, 0.4) is 0 Å². The summed E-state index contributed by atoms with van der Waals surface area (Å²) in [5, 5.41) is 6.55. The highest BCUT2D eigenvalue weighted by Gasteiger charge is 2.13. The molecule has 0 unspecified atom stereocenters. The topological polar surface area (TPSA) is 89.2 Å². The molecule has 1 aliphatic rings. The minimum atomic E-state index is -0.294. The molecule has 0 spiro atoms. The van der Waals surface area contributed by atoms with Gasteiger partial charge in [-0.1, -0.05) is 23.4 Å². The second-order valence-corrected chi connectivity index (χ2v) is 6.70. The summed E-state index contributed by atoms with van der Waals surface area (Å²) < 4.78 is 5.45. The molecule has 0 radical (unpaired) electrons. The van der Waals surface area contributed by atoms with Gasteiger partial charge in [-0.05, 0) is 55.7 Å². The van der Waals surface area contributed by atoms with Crippen molar-refractivity contribution in [2.75, 3.05) is 36.5 Å². The normalized spacial score (nSPS) is 14.0. The Balaban J connectivity index is 1.43. The zero-order chi connectivity index (χ0) is 19.8. The van der Waals surface area contributed by atoms with Gasteiger partial charge in [0, 0.05) is 24.5 Å². The average molecular weight is 382 g/mol. The first-order valence-electron chi connectivity index (χ1n) is 9.39. The molecule has 1 fully saturated rings. The third kappa shape index (κ3) is 5.64. The van der Waals surface area contributed by atoms with Crippen LogP contribution < -0.4 is 20.7 Å². The second kappa shape index (κ2) is 9.64. The van der Waals surface area contributed by atoms with E-state index in [1.165, 1.54) is 18.5 Å². The summed E-state index contributed by atoms with van der Waals surface area (Å²) in [5.74, 6) is 0.548. The van der Waals surface area contributed by atoms with Gasteiger partial charge in [-0.2, -0.15) is 0 Å². The number of carbonyl (C=O) groups is 1. The Labute approximate surface area is 165 Å². The number of para-hydroxylation sites is 1. The number of aryl methyl sites for hydroxylation is 1. The Morgan fingerprint density at radius 1 is 1.14 bits per heavy atom. The molecule has 1 aliphatic heterocycles. The zero-order valence-corrected chi connectivity index (χ0v) is 16.1. The number of rotatable bonds is 8. The largest absolute Gasteiger partial charge is 0.486 e. The maximum Gasteiger partial charge on any atom is 0.265 e. The number of oxime groups is 1. The van der Waals surface area contributed by atoms with E-state index in [-0.39, 0.29) is 25.0 Å². The Kier molecular flexibility index (Phi) is 6.73. The molecular weight excluding hydrogens is 356 g/mol. The fourth-order valence-electron chi connectivity index (χ4n) is 3.02. The lowest BCUT2D eigenvalue weighted by Gasteiger charge is -2.19. The third-order valence-corrected chi connectivity index (χ3v) is 4.46. The van der Waals surface area contributed by atoms with Crippen LogP contribution >= 0.6 is 0 Å². The molecule has 148 valence electrons. The number of nitrogens with two attached hydrogens (primary N) is 1. The zero-order valence-electron chi connectivity index (χ0n) is 16.1. The number of hydrogen-bond donors (Lipinski definition) is 2. The summed E-state index contributed by atoms with van der Waals surface area (Å²) >= 11 is 0. The van der Waals surface area contributed by atoms with Crippen LogP contribution in [0.1, 0.15) is 18.4 Å². The molecular formula is C21H26N4O3. The van der Waals surface area contributed by atoms with Gasteiger partial charge in [-0.3, -0.25) is 4.79 Å². The Bertz CT molecular complexity index is 818. The minimum absolute atomic E-state index is 0.0860. The van der Waals surface area contributed by atoms with Crippen LogP contribution in [-0.4, -0.2) is 38.0 Å². The number of nitrogens with one attached hydrogen (secondary N) is 1. The molecule has 2 aromatic carbocycles. The average Bonchev–Trinajstić information content (AvgIpc) is 3.23. The highest BCUT2D eigenvalue weighted by Crippen LogP contribution is 2.25. The van der Waals surface area contributed by atoms with E-state index in [0.29, 0.717) is 5.75 Å². The highest BCUT2D eigenvalue weighted by molar-refractivity contribution is 5.92. The number of amidine groups is 1. The van der Waals surface area contributed by atoms with E-state index in [2.05, 4.69) is 21.4 Å². The van der Waals surface area contributed by atoms with Crippen molar-refractivity contribution >= 4 is 23.1 Å². The van der Waals surface area contributed by atoms with Gasteiger partial charge in [0.15, 0.2) is 12.4 Å². The third-order valence-electron chi connectivity index (χ3n) is 4.46. The van der Waals surface area contributed by atoms with Crippen molar-refractivity contribution in [2.45, 2.75) is 19.8 Å². The van der Waals surface area contributed by atoms with Gasteiger partial charge < -0.3 is 25.5 Å². The molecule has 0 aliphatic carbocycles. The number of amides is 1. The lowest BCUT2D eigenvalue weighted by atomic mass is 10.1. The SMILES string of the molecule is Cc1cc(N2CCCC2)ccc1NC(=O)CO/N=C(\N)COc1ccccc1. The van der Waals surface area contributed by atoms with E-state index < -0.39 is 0 Å². The van der Waals surface area contributed by atoms with Gasteiger partial charge >= 0.3 is 0 Å². The number of benzene rings is 2. The van der Waals surface area contributed by atoms with Crippen molar-refractivity contribution in [2.24, 2.45) is 10.9 Å². The van der Waals surface area contributed by atoms with Gasteiger partial charge in [0.2, 0.25) is 0 Å². The van der Waals surface area contributed by atoms with Crippen LogP contribution in [0.25, 0.3) is 0 Å². The first-order valence-corrected chi connectivity index (χ1v) is 9.39. The molecule has 7 heteroatoms. The van der Waals surface area contributed by atoms with E-state index in [9.17, 15) is 4.79 Å². The van der Waals surface area contributed by atoms with Crippen molar-refractivity contribution in [3.05, 3.63) is 54.1 Å². The standard InChI is InChI=1S/C21H26N4O3/c1-16-13-17(25-11-5-6-12-25)9-10-19(16)23-21(26)15-28-24-20(22)14-27-18-7-3-2-4-8-18/h2-4,7-10,13H,5-6,11-12,14-15H2,1H3,(H2,22,24)(H,23,26). The van der Waals surface area contributed by atoms with Gasteiger partial charge in [-0.25, -0.2) is 0 Å². The second-order valence-electron chi connectivity index (χ2n) is 6.70. The first-order chi connectivity index (χ1) is 13.6. The molecule has 1 heterocycles. The molecule has 7 nitrogen and oxygen atoms in total. The van der Waals surface area contributed by atoms with Crippen molar-refractivity contribution in [1.82, 2.24) is 0 Å². The van der Waals surface area contributed by atoms with Crippen LogP contribution in [0.15, 0.2) is 53.7 Å². The molecule has 1 amide bonds. The Hall–Kier alpha value is -3.22. The van der Waals surface area contributed by atoms with Crippen LogP contribution in [-0.2, 0) is 9.63 Å². The van der Waals surface area contributed by atoms with Crippen LogP contribution in [0, 0.1) is 6.92 Å². The summed E-state index contributed by atoms with van der Waals surface area (Å²) in [6.45, 7) is 4.02. The number of nitrogens with zero attached hydrogens (tertiary/aromatic N) is 2. The molecule has 0 aromatic heterocycles. The molecule has 3 rings (SSSR count). The predicted molar refractivity (Wildman–Crippen MR) is 111 cm³/mol. The number of carbonyl (C=O) groups excluding carboxylic acids is 1. The number of ether oxygens (including phenoxy) is 1. The summed E-state index contributed by atoms with van der Waals surface area (Å²) in [5.41, 5.74) is 8.69. The van der Waals surface area contributed by atoms with Crippen LogP contribution in [0.2, 0.25) is 0 Å². The molecule has 1 saturated heterocycles. The van der Waals surface area contributed by atoms with E-state index >= 15 is 0 Å². The van der Waals surface area contributed by atoms with Gasteiger partial charge in [0.25, 0.3) is 5.91 Å². The van der Waals surface area contributed by atoms with Crippen molar-refractivity contribution in [3.8, 4) is 5.75 Å². The van der Waals surface area contributed by atoms with Gasteiger partial charge in [0.1, 0.15) is 12.4 Å². The van der Waals surface area contributed by atoms with Crippen molar-refractivity contribution in [1.29, 1.82) is 0 Å². The summed E-state index contributed by atoms with van der Waals surface area (Å²) in [6.07, 6.45) is 2.46. The van der Waals surface area contributed by atoms with E-state index in [1.807, 2.05) is 49.4 Å². The minimum Gasteiger partial charge on any atom is -0.486 e. The fourth-order valence-corrected chi connectivity index (χ4v) is 3.02. The number of hydrogen-bond acceptors (Lipinski definition) is 5. The van der Waals surface area contributed by atoms with Crippen molar-refractivity contribution < 1.29 is 14.4 Å². The quantitative estimate of drug-likeness (QED) is 0.416. The van der Waals surface area contributed by atoms with E-state index in [1.54, 1.807) is 0 Å². The van der Waals surface area contributed by atoms with Crippen LogP contribution in [0.4, 0.5) is 11.4 Å². The van der Waals surface area contributed by atoms with Crippen LogP contribution in [0.5, 0.6) is 5.75 Å². The maximum absolute atomic E-state index is 12.1. The fraction of sp³-hybridized carbons (Fsp3) is 0.333. The first kappa shape index (κ1) is 19.5. The maximum atomic E-state index is 12.1. The molecule has 2 aromatic rings. The molecule has 0 saturated carbocycles. The Morgan fingerprint density at radius 2 is 1.89 bits per heavy atom. The van der Waals surface area contributed by atoms with E-state index in [4.69, 9.17) is 15.3 Å². The smallest absolute Gasteiger partial charge is 0.265 e. The predicted octanol–water partition coefficient (Wildman–Crippen LogP) is 2.90. The lowest BCUT2D eigenvalue weighted by Crippen LogP contribution is -2.23. The number of anilines is 2. The molecule has 28 heavy (non-hydrogen) atoms. The van der Waals surface area contributed by atoms with E-state index in [0.717, 1.165) is 24.3 Å².